The Labute approximate surface area is 108 Å². The van der Waals surface area contributed by atoms with Crippen molar-refractivity contribution in [3.8, 4) is 0 Å². The van der Waals surface area contributed by atoms with Gasteiger partial charge in [0.25, 0.3) is 0 Å². The molecule has 3 unspecified atom stereocenters. The molecule has 0 aliphatic carbocycles. The van der Waals surface area contributed by atoms with E-state index in [-0.39, 0.29) is 23.7 Å². The molecule has 0 saturated heterocycles. The molecular weight excluding hydrogens is 232 g/mol. The van der Waals surface area contributed by atoms with E-state index in [1.165, 1.54) is 0 Å². The van der Waals surface area contributed by atoms with Crippen LogP contribution >= 0.6 is 9.24 Å². The van der Waals surface area contributed by atoms with Gasteiger partial charge in [-0.2, -0.15) is 0 Å². The highest BCUT2D eigenvalue weighted by atomic mass is 31.0. The summed E-state index contributed by atoms with van der Waals surface area (Å²) in [6.45, 7) is 10.4. The van der Waals surface area contributed by atoms with Crippen molar-refractivity contribution in [1.29, 1.82) is 0 Å². The lowest BCUT2D eigenvalue weighted by Crippen LogP contribution is -2.42. The molecule has 0 aliphatic rings. The van der Waals surface area contributed by atoms with Gasteiger partial charge in [-0.3, -0.25) is 9.59 Å². The van der Waals surface area contributed by atoms with Crippen molar-refractivity contribution < 1.29 is 9.59 Å². The predicted molar refractivity (Wildman–Crippen MR) is 77.9 cm³/mol. The molecule has 4 atom stereocenters. The van der Waals surface area contributed by atoms with E-state index in [1.54, 1.807) is 6.92 Å². The van der Waals surface area contributed by atoms with Crippen LogP contribution in [0.3, 0.4) is 0 Å². The molecule has 1 amide bonds. The minimum Gasteiger partial charge on any atom is -0.346 e. The van der Waals surface area contributed by atoms with Crippen LogP contribution in [0.15, 0.2) is 0 Å². The lowest BCUT2D eigenvalue weighted by Gasteiger charge is -2.18. The quantitative estimate of drug-likeness (QED) is 0.560. The summed E-state index contributed by atoms with van der Waals surface area (Å²) < 4.78 is 0. The highest BCUT2D eigenvalue weighted by Gasteiger charge is 2.21. The molecule has 0 radical (unpaired) electrons. The molecule has 0 bridgehead atoms. The van der Waals surface area contributed by atoms with Crippen molar-refractivity contribution in [3.05, 3.63) is 0 Å². The van der Waals surface area contributed by atoms with E-state index in [4.69, 9.17) is 0 Å². The van der Waals surface area contributed by atoms with E-state index in [1.807, 2.05) is 6.92 Å². The van der Waals surface area contributed by atoms with Crippen LogP contribution in [0.2, 0.25) is 19.5 Å². The second-order valence-corrected chi connectivity index (χ2v) is 5.73. The minimum atomic E-state index is -0.373. The third-order valence-electron chi connectivity index (χ3n) is 3.30. The van der Waals surface area contributed by atoms with Crippen molar-refractivity contribution in [2.45, 2.75) is 52.7 Å². The lowest BCUT2D eigenvalue weighted by atomic mass is 9.44. The number of carbonyl (C=O) groups excluding carboxylic acids is 2. The zero-order valence-corrected chi connectivity index (χ0v) is 12.8. The van der Waals surface area contributed by atoms with Crippen LogP contribution in [-0.2, 0) is 9.59 Å². The first-order valence-electron chi connectivity index (χ1n) is 6.32. The molecule has 0 saturated carbocycles. The first-order chi connectivity index (χ1) is 7.79. The van der Waals surface area contributed by atoms with Gasteiger partial charge in [0, 0.05) is 12.3 Å². The van der Waals surface area contributed by atoms with Crippen LogP contribution in [-0.4, -0.2) is 30.6 Å². The number of rotatable bonds is 7. The Kier molecular flexibility index (Phi) is 7.70. The molecule has 0 spiro atoms. The predicted octanol–water partition coefficient (Wildman–Crippen LogP) is 2.11. The van der Waals surface area contributed by atoms with E-state index in [2.05, 4.69) is 35.1 Å². The number of Topliss-reactive ketones (excluding diaryl/α,β-unsaturated/α-hetero) is 1. The van der Waals surface area contributed by atoms with Crippen molar-refractivity contribution in [2.24, 2.45) is 5.92 Å². The summed E-state index contributed by atoms with van der Waals surface area (Å²) in [5.41, 5.74) is 0. The molecule has 5 heteroatoms. The largest absolute Gasteiger partial charge is 0.346 e. The Hall–Kier alpha value is -0.365. The number of hydrogen-bond donors (Lipinski definition) is 1. The van der Waals surface area contributed by atoms with Crippen molar-refractivity contribution in [1.82, 2.24) is 5.32 Å². The molecule has 17 heavy (non-hydrogen) atoms. The van der Waals surface area contributed by atoms with E-state index in [0.717, 1.165) is 6.16 Å². The number of amides is 1. The van der Waals surface area contributed by atoms with E-state index in [0.29, 0.717) is 19.0 Å². The maximum Gasteiger partial charge on any atom is 0.223 e. The van der Waals surface area contributed by atoms with Crippen LogP contribution in [0.4, 0.5) is 0 Å². The van der Waals surface area contributed by atoms with Gasteiger partial charge in [0.15, 0.2) is 5.78 Å². The molecule has 0 fully saturated rings. The minimum absolute atomic E-state index is 0.0435. The Morgan fingerprint density at radius 3 is 2.18 bits per heavy atom. The second-order valence-electron chi connectivity index (χ2n) is 5.26. The molecule has 98 valence electrons. The first-order valence-corrected chi connectivity index (χ1v) is 7.14. The monoisotopic (exact) mass is 257 g/mol. The van der Waals surface area contributed by atoms with Gasteiger partial charge >= 0.3 is 0 Å². The SMILES string of the molecule is CB(C)[C@H](C)CC(=O)C(C)NC(=O)C(C)CP. The van der Waals surface area contributed by atoms with Crippen LogP contribution in [0.5, 0.6) is 0 Å². The van der Waals surface area contributed by atoms with Gasteiger partial charge in [-0.25, -0.2) is 0 Å². The normalized spacial score (nSPS) is 15.9. The molecule has 0 aliphatic heterocycles. The topological polar surface area (TPSA) is 46.2 Å². The van der Waals surface area contributed by atoms with Gasteiger partial charge < -0.3 is 5.32 Å². The van der Waals surface area contributed by atoms with Gasteiger partial charge in [-0.1, -0.05) is 33.3 Å². The van der Waals surface area contributed by atoms with E-state index >= 15 is 0 Å². The summed E-state index contributed by atoms with van der Waals surface area (Å²) in [5.74, 6) is 0.382. The molecule has 1 N–H and O–H groups in total. The Balaban J connectivity index is 4.19. The first kappa shape index (κ1) is 16.6. The van der Waals surface area contributed by atoms with Gasteiger partial charge in [0.2, 0.25) is 5.91 Å². The summed E-state index contributed by atoms with van der Waals surface area (Å²) in [5, 5.41) is 2.77. The van der Waals surface area contributed by atoms with Crippen LogP contribution in [0, 0.1) is 5.92 Å². The second kappa shape index (κ2) is 7.86. The number of hydrogen-bond acceptors (Lipinski definition) is 2. The summed E-state index contributed by atoms with van der Waals surface area (Å²) >= 11 is 0. The summed E-state index contributed by atoms with van der Waals surface area (Å²) in [6.07, 6.45) is 1.25. The van der Waals surface area contributed by atoms with E-state index < -0.39 is 0 Å². The molecule has 0 rings (SSSR count). The summed E-state index contributed by atoms with van der Waals surface area (Å²) in [6, 6.07) is -0.373. The van der Waals surface area contributed by atoms with Gasteiger partial charge in [0.05, 0.1) is 6.04 Å². The molecule has 0 aromatic rings. The van der Waals surface area contributed by atoms with Crippen LogP contribution in [0.1, 0.15) is 27.2 Å². The van der Waals surface area contributed by atoms with Crippen molar-refractivity contribution in [2.75, 3.05) is 6.16 Å². The fourth-order valence-electron chi connectivity index (χ4n) is 1.27. The number of nitrogens with one attached hydrogen (secondary N) is 1. The highest BCUT2D eigenvalue weighted by molar-refractivity contribution is 7.16. The highest BCUT2D eigenvalue weighted by Crippen LogP contribution is 2.15. The number of ketones is 1. The Morgan fingerprint density at radius 1 is 1.24 bits per heavy atom. The third-order valence-corrected chi connectivity index (χ3v) is 4.01. The third kappa shape index (κ3) is 6.21. The summed E-state index contributed by atoms with van der Waals surface area (Å²) in [4.78, 5) is 23.5. The fraction of sp³-hybridized carbons (Fsp3) is 0.833. The average Bonchev–Trinajstić information content (AvgIpc) is 2.27. The average molecular weight is 257 g/mol. The van der Waals surface area contributed by atoms with Gasteiger partial charge in [-0.15, -0.1) is 9.24 Å². The molecule has 0 aromatic carbocycles. The molecule has 0 heterocycles. The zero-order chi connectivity index (χ0) is 13.6. The maximum atomic E-state index is 11.9. The Bertz CT molecular complexity index is 271. The van der Waals surface area contributed by atoms with Gasteiger partial charge in [0.1, 0.15) is 6.71 Å². The fourth-order valence-corrected chi connectivity index (χ4v) is 1.49. The van der Waals surface area contributed by atoms with Crippen molar-refractivity contribution in [3.63, 3.8) is 0 Å². The maximum absolute atomic E-state index is 11.9. The number of carbonyl (C=O) groups is 2. The van der Waals surface area contributed by atoms with Crippen LogP contribution < -0.4 is 5.32 Å². The summed E-state index contributed by atoms with van der Waals surface area (Å²) in [7, 11) is 2.54. The standard InChI is InChI=1S/C12H25BNO2P/c1-8(7-17)12(16)14-10(3)11(15)6-9(2)13(4)5/h8-10H,6-7,17H2,1-5H3,(H,14,16)/t8?,9-,10?/m1/s1. The van der Waals surface area contributed by atoms with Gasteiger partial charge in [-0.05, 0) is 13.1 Å². The van der Waals surface area contributed by atoms with E-state index in [9.17, 15) is 9.59 Å². The molecule has 3 nitrogen and oxygen atoms in total. The Morgan fingerprint density at radius 2 is 1.76 bits per heavy atom. The zero-order valence-electron chi connectivity index (χ0n) is 11.6. The smallest absolute Gasteiger partial charge is 0.223 e. The molecule has 0 aromatic heterocycles. The van der Waals surface area contributed by atoms with Crippen molar-refractivity contribution >= 4 is 27.6 Å². The van der Waals surface area contributed by atoms with Crippen LogP contribution in [0.25, 0.3) is 0 Å². The molecular formula is C12H25BNO2P. The lowest BCUT2D eigenvalue weighted by molar-refractivity contribution is -0.129.